The van der Waals surface area contributed by atoms with E-state index in [2.05, 4.69) is 0 Å². The summed E-state index contributed by atoms with van der Waals surface area (Å²) in [6.07, 6.45) is 0. The number of Topliss-reactive ketones (excluding diaryl/α,β-unsaturated/α-hetero) is 1. The molecule has 1 aliphatic rings. The van der Waals surface area contributed by atoms with E-state index in [-0.39, 0.29) is 5.78 Å². The van der Waals surface area contributed by atoms with Crippen LogP contribution >= 0.6 is 0 Å². The summed E-state index contributed by atoms with van der Waals surface area (Å²) in [5.41, 5.74) is 3.80. The number of carbonyl (C=O) groups is 1. The van der Waals surface area contributed by atoms with Gasteiger partial charge in [0.1, 0.15) is 0 Å². The minimum Gasteiger partial charge on any atom is -0.293 e. The molecule has 27 heavy (non-hydrogen) atoms. The smallest absolute Gasteiger partial charge is 0.243 e. The standard InChI is InChI=1S/C21H26N2O3S/c1-16-5-4-6-19(14-16)27(25,26)23-11-9-22(10-12-23)15-21(24)20-8-7-17(2)13-18(20)3/h4-8,13-14H,9-12,15H2,1-3H3. The molecule has 0 aliphatic carbocycles. The second-order valence-electron chi connectivity index (χ2n) is 7.24. The lowest BCUT2D eigenvalue weighted by Crippen LogP contribution is -2.49. The quantitative estimate of drug-likeness (QED) is 0.742. The number of aryl methyl sites for hydroxylation is 3. The number of rotatable bonds is 5. The second kappa shape index (κ2) is 7.92. The lowest BCUT2D eigenvalue weighted by Gasteiger charge is -2.33. The van der Waals surface area contributed by atoms with Crippen LogP contribution in [0, 0.1) is 20.8 Å². The maximum absolute atomic E-state index is 12.8. The van der Waals surface area contributed by atoms with Crippen molar-refractivity contribution in [2.75, 3.05) is 32.7 Å². The molecule has 0 saturated carbocycles. The summed E-state index contributed by atoms with van der Waals surface area (Å²) in [5.74, 6) is 0.0856. The van der Waals surface area contributed by atoms with Crippen molar-refractivity contribution in [2.24, 2.45) is 0 Å². The van der Waals surface area contributed by atoms with Gasteiger partial charge in [-0.05, 0) is 44.0 Å². The van der Waals surface area contributed by atoms with Crippen molar-refractivity contribution >= 4 is 15.8 Å². The fourth-order valence-corrected chi connectivity index (χ4v) is 5.00. The van der Waals surface area contributed by atoms with Crippen LogP contribution in [-0.2, 0) is 10.0 Å². The summed E-state index contributed by atoms with van der Waals surface area (Å²) in [6, 6.07) is 12.8. The average Bonchev–Trinajstić information content (AvgIpc) is 2.62. The van der Waals surface area contributed by atoms with Crippen LogP contribution < -0.4 is 0 Å². The Balaban J connectivity index is 1.62. The van der Waals surface area contributed by atoms with Gasteiger partial charge >= 0.3 is 0 Å². The van der Waals surface area contributed by atoms with Crippen LogP contribution in [-0.4, -0.2) is 56.1 Å². The molecule has 0 unspecified atom stereocenters. The number of nitrogens with zero attached hydrogens (tertiary/aromatic N) is 2. The van der Waals surface area contributed by atoms with Gasteiger partial charge in [-0.25, -0.2) is 8.42 Å². The fourth-order valence-electron chi connectivity index (χ4n) is 3.47. The molecule has 0 amide bonds. The maximum Gasteiger partial charge on any atom is 0.243 e. The van der Waals surface area contributed by atoms with Crippen molar-refractivity contribution in [3.63, 3.8) is 0 Å². The zero-order valence-corrected chi connectivity index (χ0v) is 16.9. The third-order valence-electron chi connectivity index (χ3n) is 5.01. The van der Waals surface area contributed by atoms with E-state index in [0.717, 1.165) is 22.3 Å². The largest absolute Gasteiger partial charge is 0.293 e. The van der Waals surface area contributed by atoms with E-state index in [1.807, 2.05) is 49.9 Å². The Morgan fingerprint density at radius 3 is 2.22 bits per heavy atom. The molecule has 1 fully saturated rings. The minimum atomic E-state index is -3.48. The monoisotopic (exact) mass is 386 g/mol. The van der Waals surface area contributed by atoms with Crippen molar-refractivity contribution in [3.05, 3.63) is 64.7 Å². The van der Waals surface area contributed by atoms with Crippen molar-refractivity contribution in [1.29, 1.82) is 0 Å². The first-order valence-corrected chi connectivity index (χ1v) is 10.6. The van der Waals surface area contributed by atoms with E-state index in [0.29, 0.717) is 37.6 Å². The van der Waals surface area contributed by atoms with E-state index in [1.165, 1.54) is 4.31 Å². The molecule has 1 aliphatic heterocycles. The molecule has 0 aromatic heterocycles. The molecule has 6 heteroatoms. The summed E-state index contributed by atoms with van der Waals surface area (Å²) < 4.78 is 27.1. The number of benzene rings is 2. The molecule has 1 saturated heterocycles. The van der Waals surface area contributed by atoms with E-state index >= 15 is 0 Å². The summed E-state index contributed by atoms with van der Waals surface area (Å²) >= 11 is 0. The number of hydrogen-bond acceptors (Lipinski definition) is 4. The average molecular weight is 387 g/mol. The zero-order chi connectivity index (χ0) is 19.6. The molecule has 144 valence electrons. The van der Waals surface area contributed by atoms with E-state index in [9.17, 15) is 13.2 Å². The van der Waals surface area contributed by atoms with Crippen molar-refractivity contribution < 1.29 is 13.2 Å². The first kappa shape index (κ1) is 19.7. The van der Waals surface area contributed by atoms with Gasteiger partial charge in [0.15, 0.2) is 5.78 Å². The first-order valence-electron chi connectivity index (χ1n) is 9.17. The van der Waals surface area contributed by atoms with Crippen LogP contribution in [0.4, 0.5) is 0 Å². The van der Waals surface area contributed by atoms with Gasteiger partial charge in [0, 0.05) is 31.7 Å². The molecular formula is C21H26N2O3S. The molecule has 0 bridgehead atoms. The van der Waals surface area contributed by atoms with E-state index in [4.69, 9.17) is 0 Å². The molecule has 2 aromatic rings. The summed E-state index contributed by atoms with van der Waals surface area (Å²) in [7, 11) is -3.48. The van der Waals surface area contributed by atoms with Gasteiger partial charge in [-0.3, -0.25) is 9.69 Å². The number of sulfonamides is 1. The highest BCUT2D eigenvalue weighted by Crippen LogP contribution is 2.19. The van der Waals surface area contributed by atoms with Crippen molar-refractivity contribution in [3.8, 4) is 0 Å². The number of hydrogen-bond donors (Lipinski definition) is 0. The first-order chi connectivity index (χ1) is 12.8. The third-order valence-corrected chi connectivity index (χ3v) is 6.90. The Hall–Kier alpha value is -2.02. The van der Waals surface area contributed by atoms with E-state index in [1.54, 1.807) is 18.2 Å². The normalized spacial score (nSPS) is 16.4. The lowest BCUT2D eigenvalue weighted by molar-refractivity contribution is 0.0901. The maximum atomic E-state index is 12.8. The molecular weight excluding hydrogens is 360 g/mol. The van der Waals surface area contributed by atoms with Gasteiger partial charge in [0.05, 0.1) is 11.4 Å². The van der Waals surface area contributed by atoms with Crippen LogP contribution in [0.15, 0.2) is 47.4 Å². The highest BCUT2D eigenvalue weighted by Gasteiger charge is 2.29. The predicted octanol–water partition coefficient (Wildman–Crippen LogP) is 2.80. The highest BCUT2D eigenvalue weighted by molar-refractivity contribution is 7.89. The van der Waals surface area contributed by atoms with Crippen molar-refractivity contribution in [1.82, 2.24) is 9.21 Å². The van der Waals surface area contributed by atoms with Crippen LogP contribution in [0.3, 0.4) is 0 Å². The molecule has 1 heterocycles. The van der Waals surface area contributed by atoms with Gasteiger partial charge in [0.25, 0.3) is 0 Å². The number of ketones is 1. The Morgan fingerprint density at radius 2 is 1.59 bits per heavy atom. The summed E-state index contributed by atoms with van der Waals surface area (Å²) in [4.78, 5) is 15.0. The van der Waals surface area contributed by atoms with Crippen LogP contribution in [0.5, 0.6) is 0 Å². The highest BCUT2D eigenvalue weighted by atomic mass is 32.2. The summed E-state index contributed by atoms with van der Waals surface area (Å²) in [5, 5.41) is 0. The van der Waals surface area contributed by atoms with Crippen LogP contribution in [0.25, 0.3) is 0 Å². The topological polar surface area (TPSA) is 57.7 Å². The zero-order valence-electron chi connectivity index (χ0n) is 16.1. The van der Waals surface area contributed by atoms with Gasteiger partial charge < -0.3 is 0 Å². The molecule has 0 atom stereocenters. The van der Waals surface area contributed by atoms with Crippen LogP contribution in [0.2, 0.25) is 0 Å². The predicted molar refractivity (Wildman–Crippen MR) is 107 cm³/mol. The van der Waals surface area contributed by atoms with Gasteiger partial charge in [-0.1, -0.05) is 35.9 Å². The number of carbonyl (C=O) groups excluding carboxylic acids is 1. The Bertz CT molecular complexity index is 946. The Morgan fingerprint density at radius 1 is 0.926 bits per heavy atom. The van der Waals surface area contributed by atoms with E-state index < -0.39 is 10.0 Å². The molecule has 2 aromatic carbocycles. The molecule has 3 rings (SSSR count). The van der Waals surface area contributed by atoms with Gasteiger partial charge in [-0.2, -0.15) is 4.31 Å². The second-order valence-corrected chi connectivity index (χ2v) is 9.18. The third kappa shape index (κ3) is 4.46. The lowest BCUT2D eigenvalue weighted by atomic mass is 10.0. The van der Waals surface area contributed by atoms with Gasteiger partial charge in [0.2, 0.25) is 10.0 Å². The molecule has 0 spiro atoms. The molecule has 0 radical (unpaired) electrons. The molecule has 5 nitrogen and oxygen atoms in total. The minimum absolute atomic E-state index is 0.0856. The molecule has 0 N–H and O–H groups in total. The van der Waals surface area contributed by atoms with Gasteiger partial charge in [-0.15, -0.1) is 0 Å². The fraction of sp³-hybridized carbons (Fsp3) is 0.381. The Labute approximate surface area is 161 Å². The SMILES string of the molecule is Cc1cccc(S(=O)(=O)N2CCN(CC(=O)c3ccc(C)cc3C)CC2)c1. The van der Waals surface area contributed by atoms with Crippen LogP contribution in [0.1, 0.15) is 27.0 Å². The van der Waals surface area contributed by atoms with Crippen molar-refractivity contribution in [2.45, 2.75) is 25.7 Å². The summed E-state index contributed by atoms with van der Waals surface area (Å²) in [6.45, 7) is 8.08. The number of piperazine rings is 1. The Kier molecular flexibility index (Phi) is 5.79.